The average molecular weight is 190 g/mol. The summed E-state index contributed by atoms with van der Waals surface area (Å²) in [5, 5.41) is 8.71. The SMILES string of the molecule is Cn1cc(S(C)(=O)=O)nc1CO. The predicted octanol–water partition coefficient (Wildman–Crippen LogP) is -0.684. The van der Waals surface area contributed by atoms with Crippen molar-refractivity contribution in [2.75, 3.05) is 6.26 Å². The summed E-state index contributed by atoms with van der Waals surface area (Å²) in [5.74, 6) is 0.343. The van der Waals surface area contributed by atoms with E-state index in [0.717, 1.165) is 6.26 Å². The molecular formula is C6H10N2O3S. The van der Waals surface area contributed by atoms with Gasteiger partial charge in [0, 0.05) is 19.5 Å². The van der Waals surface area contributed by atoms with Crippen molar-refractivity contribution in [2.45, 2.75) is 11.6 Å². The van der Waals surface area contributed by atoms with Crippen LogP contribution in [0.2, 0.25) is 0 Å². The van der Waals surface area contributed by atoms with E-state index in [-0.39, 0.29) is 11.6 Å². The topological polar surface area (TPSA) is 72.2 Å². The molecule has 5 nitrogen and oxygen atoms in total. The highest BCUT2D eigenvalue weighted by molar-refractivity contribution is 7.90. The van der Waals surface area contributed by atoms with E-state index in [1.165, 1.54) is 10.8 Å². The van der Waals surface area contributed by atoms with Gasteiger partial charge in [0.05, 0.1) is 0 Å². The lowest BCUT2D eigenvalue weighted by Gasteiger charge is -1.91. The average Bonchev–Trinajstić information content (AvgIpc) is 2.29. The summed E-state index contributed by atoms with van der Waals surface area (Å²) in [6.07, 6.45) is 2.46. The van der Waals surface area contributed by atoms with Crippen molar-refractivity contribution in [3.05, 3.63) is 12.0 Å². The number of sulfone groups is 1. The zero-order valence-corrected chi connectivity index (χ0v) is 7.67. The van der Waals surface area contributed by atoms with Crippen LogP contribution in [0.4, 0.5) is 0 Å². The molecule has 1 aromatic heterocycles. The number of aromatic nitrogens is 2. The van der Waals surface area contributed by atoms with E-state index in [4.69, 9.17) is 5.11 Å². The largest absolute Gasteiger partial charge is 0.388 e. The van der Waals surface area contributed by atoms with Crippen molar-refractivity contribution in [2.24, 2.45) is 7.05 Å². The number of rotatable bonds is 2. The molecule has 0 aliphatic rings. The number of aliphatic hydroxyl groups is 1. The first-order valence-electron chi connectivity index (χ1n) is 3.28. The Labute approximate surface area is 70.6 Å². The first kappa shape index (κ1) is 9.21. The summed E-state index contributed by atoms with van der Waals surface area (Å²) in [7, 11) is -1.63. The van der Waals surface area contributed by atoms with Crippen LogP contribution in [0.25, 0.3) is 0 Å². The minimum Gasteiger partial charge on any atom is -0.388 e. The van der Waals surface area contributed by atoms with E-state index in [9.17, 15) is 8.42 Å². The standard InChI is InChI=1S/C6H10N2O3S/c1-8-3-6(12(2,10)11)7-5(8)4-9/h3,9H,4H2,1-2H3. The van der Waals surface area contributed by atoms with Gasteiger partial charge in [-0.2, -0.15) is 0 Å². The number of imidazole rings is 1. The van der Waals surface area contributed by atoms with Crippen LogP contribution in [0, 0.1) is 0 Å². The molecule has 0 bridgehead atoms. The molecule has 68 valence electrons. The van der Waals surface area contributed by atoms with Crippen LogP contribution in [-0.2, 0) is 23.5 Å². The Bertz CT molecular complexity index is 379. The quantitative estimate of drug-likeness (QED) is 0.670. The zero-order chi connectivity index (χ0) is 9.35. The lowest BCUT2D eigenvalue weighted by Crippen LogP contribution is -1.97. The van der Waals surface area contributed by atoms with Gasteiger partial charge in [0.2, 0.25) is 0 Å². The molecule has 0 aliphatic carbocycles. The van der Waals surface area contributed by atoms with Crippen molar-refractivity contribution in [3.63, 3.8) is 0 Å². The summed E-state index contributed by atoms with van der Waals surface area (Å²) in [6.45, 7) is -0.258. The summed E-state index contributed by atoms with van der Waals surface area (Å²) >= 11 is 0. The Morgan fingerprint density at radius 2 is 2.25 bits per heavy atom. The van der Waals surface area contributed by atoms with E-state index in [2.05, 4.69) is 4.98 Å². The van der Waals surface area contributed by atoms with Crippen molar-refractivity contribution in [1.82, 2.24) is 9.55 Å². The fourth-order valence-electron chi connectivity index (χ4n) is 0.801. The van der Waals surface area contributed by atoms with Gasteiger partial charge >= 0.3 is 0 Å². The summed E-state index contributed by atoms with van der Waals surface area (Å²) in [4.78, 5) is 3.72. The monoisotopic (exact) mass is 190 g/mol. The van der Waals surface area contributed by atoms with Crippen molar-refractivity contribution >= 4 is 9.84 Å². The fourth-order valence-corrected chi connectivity index (χ4v) is 1.42. The van der Waals surface area contributed by atoms with Crippen molar-refractivity contribution in [3.8, 4) is 0 Å². The lowest BCUT2D eigenvalue weighted by molar-refractivity contribution is 0.267. The van der Waals surface area contributed by atoms with Gasteiger partial charge in [-0.1, -0.05) is 0 Å². The van der Waals surface area contributed by atoms with Gasteiger partial charge in [0.15, 0.2) is 14.9 Å². The maximum atomic E-state index is 11.0. The molecule has 0 atom stereocenters. The molecule has 12 heavy (non-hydrogen) atoms. The molecule has 1 aromatic rings. The predicted molar refractivity (Wildman–Crippen MR) is 42.2 cm³/mol. The maximum Gasteiger partial charge on any atom is 0.194 e. The molecule has 0 fully saturated rings. The molecule has 0 saturated heterocycles. The number of aryl methyl sites for hydroxylation is 1. The van der Waals surface area contributed by atoms with Gasteiger partial charge in [-0.15, -0.1) is 0 Å². The molecule has 0 spiro atoms. The highest BCUT2D eigenvalue weighted by Crippen LogP contribution is 2.07. The van der Waals surface area contributed by atoms with E-state index in [0.29, 0.717) is 5.82 Å². The zero-order valence-electron chi connectivity index (χ0n) is 6.85. The molecule has 0 aromatic carbocycles. The van der Waals surface area contributed by atoms with Crippen LogP contribution in [0.15, 0.2) is 11.2 Å². The van der Waals surface area contributed by atoms with Crippen LogP contribution < -0.4 is 0 Å². The summed E-state index contributed by atoms with van der Waals surface area (Å²) in [6, 6.07) is 0. The smallest absolute Gasteiger partial charge is 0.194 e. The fraction of sp³-hybridized carbons (Fsp3) is 0.500. The van der Waals surface area contributed by atoms with Gasteiger partial charge in [0.1, 0.15) is 12.4 Å². The van der Waals surface area contributed by atoms with Gasteiger partial charge < -0.3 is 9.67 Å². The Kier molecular flexibility index (Phi) is 2.20. The molecule has 0 amide bonds. The van der Waals surface area contributed by atoms with Crippen LogP contribution in [0.3, 0.4) is 0 Å². The molecule has 1 rings (SSSR count). The van der Waals surface area contributed by atoms with Gasteiger partial charge in [-0.05, 0) is 0 Å². The van der Waals surface area contributed by atoms with Gasteiger partial charge in [0.25, 0.3) is 0 Å². The minimum atomic E-state index is -3.26. The highest BCUT2D eigenvalue weighted by atomic mass is 32.2. The molecule has 6 heteroatoms. The molecule has 1 heterocycles. The van der Waals surface area contributed by atoms with Gasteiger partial charge in [-0.3, -0.25) is 0 Å². The molecular weight excluding hydrogens is 180 g/mol. The molecule has 0 radical (unpaired) electrons. The van der Waals surface area contributed by atoms with Crippen LogP contribution >= 0.6 is 0 Å². The van der Waals surface area contributed by atoms with Crippen molar-refractivity contribution in [1.29, 1.82) is 0 Å². The normalized spacial score (nSPS) is 11.9. The Morgan fingerprint density at radius 3 is 2.50 bits per heavy atom. The van der Waals surface area contributed by atoms with Crippen LogP contribution in [0.5, 0.6) is 0 Å². The second-order valence-electron chi connectivity index (χ2n) is 2.54. The van der Waals surface area contributed by atoms with E-state index in [1.807, 2.05) is 0 Å². The molecule has 0 saturated carbocycles. The Morgan fingerprint density at radius 1 is 1.67 bits per heavy atom. The molecule has 0 unspecified atom stereocenters. The third kappa shape index (κ3) is 1.64. The lowest BCUT2D eigenvalue weighted by atomic mass is 10.6. The van der Waals surface area contributed by atoms with Crippen molar-refractivity contribution < 1.29 is 13.5 Å². The summed E-state index contributed by atoms with van der Waals surface area (Å²) < 4.78 is 23.4. The number of hydrogen-bond acceptors (Lipinski definition) is 4. The van der Waals surface area contributed by atoms with Gasteiger partial charge in [-0.25, -0.2) is 13.4 Å². The molecule has 1 N–H and O–H groups in total. The van der Waals surface area contributed by atoms with E-state index in [1.54, 1.807) is 7.05 Å². The third-order valence-corrected chi connectivity index (χ3v) is 2.43. The second kappa shape index (κ2) is 2.87. The third-order valence-electron chi connectivity index (χ3n) is 1.47. The second-order valence-corrected chi connectivity index (χ2v) is 4.50. The Hall–Kier alpha value is -0.880. The number of hydrogen-bond donors (Lipinski definition) is 1. The van der Waals surface area contributed by atoms with E-state index >= 15 is 0 Å². The first-order valence-corrected chi connectivity index (χ1v) is 5.17. The minimum absolute atomic E-state index is 0.00551. The molecule has 0 aliphatic heterocycles. The van der Waals surface area contributed by atoms with Crippen LogP contribution in [0.1, 0.15) is 5.82 Å². The number of aliphatic hydroxyl groups excluding tert-OH is 1. The highest BCUT2D eigenvalue weighted by Gasteiger charge is 2.12. The van der Waals surface area contributed by atoms with Crippen LogP contribution in [-0.4, -0.2) is 29.3 Å². The first-order chi connectivity index (χ1) is 5.45. The van der Waals surface area contributed by atoms with E-state index < -0.39 is 9.84 Å². The Balaban J connectivity index is 3.23. The summed E-state index contributed by atoms with van der Waals surface area (Å²) in [5.41, 5.74) is 0. The number of nitrogens with zero attached hydrogens (tertiary/aromatic N) is 2. The maximum absolute atomic E-state index is 11.0.